The first kappa shape index (κ1) is 11.9. The summed E-state index contributed by atoms with van der Waals surface area (Å²) in [5.74, 6) is 0. The van der Waals surface area contributed by atoms with Crippen molar-refractivity contribution in [3.63, 3.8) is 0 Å². The number of anilines is 1. The molecule has 1 saturated heterocycles. The summed E-state index contributed by atoms with van der Waals surface area (Å²) in [6.45, 7) is 1.70. The summed E-state index contributed by atoms with van der Waals surface area (Å²) >= 11 is 0. The molecule has 1 aliphatic heterocycles. The van der Waals surface area contributed by atoms with Gasteiger partial charge in [0.25, 0.3) is 5.69 Å². The fraction of sp³-hybridized carbons (Fsp3) is 0.500. The van der Waals surface area contributed by atoms with Crippen molar-refractivity contribution in [3.05, 3.63) is 34.4 Å². The van der Waals surface area contributed by atoms with Crippen LogP contribution in [0, 0.1) is 10.1 Å². The lowest BCUT2D eigenvalue weighted by atomic mass is 10.2. The van der Waals surface area contributed by atoms with Gasteiger partial charge in [-0.1, -0.05) is 0 Å². The Labute approximate surface area is 99.8 Å². The zero-order chi connectivity index (χ0) is 12.3. The molecule has 1 N–H and O–H groups in total. The lowest BCUT2D eigenvalue weighted by molar-refractivity contribution is -0.384. The van der Waals surface area contributed by atoms with E-state index in [1.165, 1.54) is 12.1 Å². The van der Waals surface area contributed by atoms with E-state index in [9.17, 15) is 15.2 Å². The van der Waals surface area contributed by atoms with Crippen LogP contribution in [-0.4, -0.2) is 29.2 Å². The molecule has 92 valence electrons. The molecule has 0 amide bonds. The van der Waals surface area contributed by atoms with E-state index in [1.54, 1.807) is 12.1 Å². The van der Waals surface area contributed by atoms with Crippen molar-refractivity contribution in [1.82, 2.24) is 0 Å². The van der Waals surface area contributed by atoms with Crippen molar-refractivity contribution in [1.29, 1.82) is 0 Å². The monoisotopic (exact) mass is 236 g/mol. The van der Waals surface area contributed by atoms with Crippen molar-refractivity contribution in [2.75, 3.05) is 18.0 Å². The number of hydrogen-bond donors (Lipinski definition) is 1. The second kappa shape index (κ2) is 5.14. The lowest BCUT2D eigenvalue weighted by Gasteiger charge is -2.22. The highest BCUT2D eigenvalue weighted by atomic mass is 16.6. The maximum Gasteiger partial charge on any atom is 0.269 e. The first-order valence-corrected chi connectivity index (χ1v) is 5.84. The number of hydrogen-bond acceptors (Lipinski definition) is 4. The van der Waals surface area contributed by atoms with Gasteiger partial charge in [-0.2, -0.15) is 0 Å². The minimum absolute atomic E-state index is 0.114. The Hall–Kier alpha value is -1.62. The predicted molar refractivity (Wildman–Crippen MR) is 65.2 cm³/mol. The van der Waals surface area contributed by atoms with Crippen LogP contribution in [-0.2, 0) is 0 Å². The third-order valence-electron chi connectivity index (χ3n) is 3.12. The number of nitrogens with zero attached hydrogens (tertiary/aromatic N) is 2. The molecule has 1 fully saturated rings. The normalized spacial score (nSPS) is 21.0. The molecule has 0 bridgehead atoms. The molecule has 1 unspecified atom stereocenters. The van der Waals surface area contributed by atoms with Crippen LogP contribution in [0.1, 0.15) is 19.3 Å². The van der Waals surface area contributed by atoms with E-state index in [0.717, 1.165) is 38.0 Å². The number of non-ortho nitro benzene ring substituents is 1. The fourth-order valence-electron chi connectivity index (χ4n) is 2.12. The molecule has 0 saturated carbocycles. The van der Waals surface area contributed by atoms with Gasteiger partial charge in [-0.25, -0.2) is 0 Å². The summed E-state index contributed by atoms with van der Waals surface area (Å²) in [7, 11) is 0. The third-order valence-corrected chi connectivity index (χ3v) is 3.12. The minimum Gasteiger partial charge on any atom is -0.393 e. The van der Waals surface area contributed by atoms with Crippen LogP contribution in [0.2, 0.25) is 0 Å². The van der Waals surface area contributed by atoms with E-state index in [-0.39, 0.29) is 11.8 Å². The summed E-state index contributed by atoms with van der Waals surface area (Å²) in [5, 5.41) is 20.1. The average Bonchev–Trinajstić information content (AvgIpc) is 2.54. The van der Waals surface area contributed by atoms with Crippen molar-refractivity contribution < 1.29 is 10.0 Å². The molecule has 0 aromatic heterocycles. The standard InChI is InChI=1S/C12H16N2O3/c15-12-2-1-8-13(9-7-12)10-3-5-11(6-4-10)14(16)17/h3-6,12,15H,1-2,7-9H2. The Morgan fingerprint density at radius 1 is 1.24 bits per heavy atom. The van der Waals surface area contributed by atoms with Crippen molar-refractivity contribution in [2.45, 2.75) is 25.4 Å². The highest BCUT2D eigenvalue weighted by Crippen LogP contribution is 2.22. The zero-order valence-corrected chi connectivity index (χ0v) is 9.58. The molecular formula is C12H16N2O3. The Kier molecular flexibility index (Phi) is 3.58. The summed E-state index contributed by atoms with van der Waals surface area (Å²) in [6.07, 6.45) is 2.34. The first-order valence-electron chi connectivity index (χ1n) is 5.84. The second-order valence-electron chi connectivity index (χ2n) is 4.35. The van der Waals surface area contributed by atoms with Crippen molar-refractivity contribution in [3.8, 4) is 0 Å². The molecule has 0 aliphatic carbocycles. The van der Waals surface area contributed by atoms with Gasteiger partial charge in [-0.15, -0.1) is 0 Å². The maximum atomic E-state index is 10.5. The van der Waals surface area contributed by atoms with Gasteiger partial charge < -0.3 is 10.0 Å². The van der Waals surface area contributed by atoms with Gasteiger partial charge in [-0.3, -0.25) is 10.1 Å². The molecule has 2 rings (SSSR count). The Balaban J connectivity index is 2.08. The number of aliphatic hydroxyl groups is 1. The molecule has 5 heteroatoms. The molecular weight excluding hydrogens is 220 g/mol. The molecule has 1 aliphatic rings. The van der Waals surface area contributed by atoms with Gasteiger partial charge in [0.1, 0.15) is 0 Å². The quantitative estimate of drug-likeness (QED) is 0.629. The van der Waals surface area contributed by atoms with Crippen LogP contribution in [0.15, 0.2) is 24.3 Å². The number of nitro benzene ring substituents is 1. The molecule has 1 heterocycles. The van der Waals surface area contributed by atoms with E-state index in [0.29, 0.717) is 0 Å². The van der Waals surface area contributed by atoms with Gasteiger partial charge >= 0.3 is 0 Å². The zero-order valence-electron chi connectivity index (χ0n) is 9.58. The Morgan fingerprint density at radius 3 is 2.59 bits per heavy atom. The minimum atomic E-state index is -0.393. The van der Waals surface area contributed by atoms with Gasteiger partial charge in [0.15, 0.2) is 0 Å². The van der Waals surface area contributed by atoms with Gasteiger partial charge in [0, 0.05) is 30.9 Å². The number of aliphatic hydroxyl groups excluding tert-OH is 1. The van der Waals surface area contributed by atoms with E-state index < -0.39 is 4.92 Å². The second-order valence-corrected chi connectivity index (χ2v) is 4.35. The van der Waals surface area contributed by atoms with Crippen LogP contribution >= 0.6 is 0 Å². The van der Waals surface area contributed by atoms with Crippen molar-refractivity contribution in [2.24, 2.45) is 0 Å². The van der Waals surface area contributed by atoms with Crippen LogP contribution in [0.25, 0.3) is 0 Å². The van der Waals surface area contributed by atoms with Crippen LogP contribution in [0.5, 0.6) is 0 Å². The molecule has 0 radical (unpaired) electrons. The molecule has 1 aromatic carbocycles. The van der Waals surface area contributed by atoms with Crippen LogP contribution in [0.4, 0.5) is 11.4 Å². The molecule has 1 atom stereocenters. The lowest BCUT2D eigenvalue weighted by Crippen LogP contribution is -2.24. The number of nitro groups is 1. The Bertz CT molecular complexity index is 391. The van der Waals surface area contributed by atoms with E-state index in [1.807, 2.05) is 0 Å². The number of benzene rings is 1. The first-order chi connectivity index (χ1) is 8.16. The van der Waals surface area contributed by atoms with Crippen molar-refractivity contribution >= 4 is 11.4 Å². The topological polar surface area (TPSA) is 66.6 Å². The summed E-state index contributed by atoms with van der Waals surface area (Å²) in [5.41, 5.74) is 1.10. The smallest absolute Gasteiger partial charge is 0.269 e. The third kappa shape index (κ3) is 2.94. The van der Waals surface area contributed by atoms with Gasteiger partial charge in [-0.05, 0) is 31.4 Å². The summed E-state index contributed by atoms with van der Waals surface area (Å²) in [6, 6.07) is 6.60. The van der Waals surface area contributed by atoms with E-state index in [4.69, 9.17) is 0 Å². The van der Waals surface area contributed by atoms with Crippen LogP contribution in [0.3, 0.4) is 0 Å². The Morgan fingerprint density at radius 2 is 1.94 bits per heavy atom. The highest BCUT2D eigenvalue weighted by molar-refractivity contribution is 5.50. The summed E-state index contributed by atoms with van der Waals surface area (Å²) < 4.78 is 0. The van der Waals surface area contributed by atoms with E-state index in [2.05, 4.69) is 4.90 Å². The SMILES string of the molecule is O=[N+]([O-])c1ccc(N2CCCC(O)CC2)cc1. The largest absolute Gasteiger partial charge is 0.393 e. The van der Waals surface area contributed by atoms with Gasteiger partial charge in [0.2, 0.25) is 0 Å². The van der Waals surface area contributed by atoms with E-state index >= 15 is 0 Å². The maximum absolute atomic E-state index is 10.5. The molecule has 5 nitrogen and oxygen atoms in total. The molecule has 1 aromatic rings. The predicted octanol–water partition coefficient (Wildman–Crippen LogP) is 1.95. The average molecular weight is 236 g/mol. The molecule has 0 spiro atoms. The fourth-order valence-corrected chi connectivity index (χ4v) is 2.12. The highest BCUT2D eigenvalue weighted by Gasteiger charge is 2.15. The van der Waals surface area contributed by atoms with Gasteiger partial charge in [0.05, 0.1) is 11.0 Å². The molecule has 17 heavy (non-hydrogen) atoms. The summed E-state index contributed by atoms with van der Waals surface area (Å²) in [4.78, 5) is 12.3. The number of rotatable bonds is 2. The van der Waals surface area contributed by atoms with Crippen LogP contribution < -0.4 is 4.90 Å².